The van der Waals surface area contributed by atoms with Crippen molar-refractivity contribution in [2.45, 2.75) is 33.0 Å². The maximum Gasteiger partial charge on any atom is 0.173 e. The molecule has 2 heterocycles. The Bertz CT molecular complexity index is 531. The molecule has 17 heavy (non-hydrogen) atoms. The Morgan fingerprint density at radius 1 is 1.59 bits per heavy atom. The van der Waals surface area contributed by atoms with Gasteiger partial charge in [-0.15, -0.1) is 0 Å². The summed E-state index contributed by atoms with van der Waals surface area (Å²) < 4.78 is 24.4. The number of aryl methyl sites for hydroxylation is 2. The van der Waals surface area contributed by atoms with E-state index in [-0.39, 0.29) is 11.8 Å². The van der Waals surface area contributed by atoms with E-state index in [4.69, 9.17) is 0 Å². The first-order chi connectivity index (χ1) is 8.00. The molecule has 1 N–H and O–H groups in total. The molecular formula is C11H17N3O2S. The second-order valence-corrected chi connectivity index (χ2v) is 6.17. The van der Waals surface area contributed by atoms with Gasteiger partial charge in [-0.25, -0.2) is 8.42 Å². The Labute approximate surface area is 101 Å². The van der Waals surface area contributed by atoms with E-state index in [1.165, 1.54) is 5.41 Å². The molecule has 2 rings (SSSR count). The zero-order chi connectivity index (χ0) is 12.5. The maximum absolute atomic E-state index is 11.2. The minimum atomic E-state index is -2.98. The van der Waals surface area contributed by atoms with Crippen molar-refractivity contribution in [3.05, 3.63) is 28.9 Å². The van der Waals surface area contributed by atoms with Crippen molar-refractivity contribution in [2.24, 2.45) is 0 Å². The summed E-state index contributed by atoms with van der Waals surface area (Å²) in [5.41, 5.74) is 2.07. The lowest BCUT2D eigenvalue weighted by Crippen LogP contribution is -2.30. The highest BCUT2D eigenvalue weighted by Gasteiger charge is 2.21. The van der Waals surface area contributed by atoms with Crippen LogP contribution in [0.3, 0.4) is 0 Å². The highest BCUT2D eigenvalue weighted by molar-refractivity contribution is 7.94. The van der Waals surface area contributed by atoms with Gasteiger partial charge in [0.15, 0.2) is 9.84 Å². The van der Waals surface area contributed by atoms with Crippen LogP contribution in [0.25, 0.3) is 0 Å². The van der Waals surface area contributed by atoms with Crippen molar-refractivity contribution >= 4 is 9.84 Å². The van der Waals surface area contributed by atoms with Crippen molar-refractivity contribution in [1.29, 1.82) is 0 Å². The maximum atomic E-state index is 11.2. The standard InChI is InChI=1S/C11H17N3O2S/c1-3-14-11(6-9(2)13-14)7-12-10-4-5-17(15,16)8-10/h4-6,10,12H,3,7-8H2,1-2H3. The summed E-state index contributed by atoms with van der Waals surface area (Å²) in [7, 11) is -2.98. The zero-order valence-electron chi connectivity index (χ0n) is 10.0. The molecule has 1 unspecified atom stereocenters. The molecule has 0 aromatic carbocycles. The van der Waals surface area contributed by atoms with Crippen LogP contribution in [0.1, 0.15) is 18.3 Å². The van der Waals surface area contributed by atoms with Gasteiger partial charge >= 0.3 is 0 Å². The molecule has 0 amide bonds. The zero-order valence-corrected chi connectivity index (χ0v) is 10.9. The van der Waals surface area contributed by atoms with Crippen LogP contribution in [-0.2, 0) is 22.9 Å². The lowest BCUT2D eigenvalue weighted by Gasteiger charge is -2.10. The lowest BCUT2D eigenvalue weighted by molar-refractivity contribution is 0.557. The number of aromatic nitrogens is 2. The molecule has 1 aliphatic rings. The second kappa shape index (κ2) is 4.62. The summed E-state index contributed by atoms with van der Waals surface area (Å²) in [5, 5.41) is 8.84. The molecule has 5 nitrogen and oxygen atoms in total. The highest BCUT2D eigenvalue weighted by atomic mass is 32.2. The van der Waals surface area contributed by atoms with Gasteiger partial charge in [0, 0.05) is 24.5 Å². The number of hydrogen-bond acceptors (Lipinski definition) is 4. The van der Waals surface area contributed by atoms with Crippen molar-refractivity contribution in [2.75, 3.05) is 5.75 Å². The molecule has 94 valence electrons. The molecule has 6 heteroatoms. The lowest BCUT2D eigenvalue weighted by atomic mass is 10.3. The summed E-state index contributed by atoms with van der Waals surface area (Å²) in [5.74, 6) is 0.159. The normalized spacial score (nSPS) is 22.1. The molecule has 1 aromatic rings. The number of sulfone groups is 1. The Kier molecular flexibility index (Phi) is 3.35. The highest BCUT2D eigenvalue weighted by Crippen LogP contribution is 2.09. The van der Waals surface area contributed by atoms with Crippen LogP contribution < -0.4 is 5.32 Å². The number of nitrogens with one attached hydrogen (secondary N) is 1. The van der Waals surface area contributed by atoms with Gasteiger partial charge in [-0.1, -0.05) is 6.08 Å². The number of hydrogen-bond donors (Lipinski definition) is 1. The largest absolute Gasteiger partial charge is 0.304 e. The van der Waals surface area contributed by atoms with Gasteiger partial charge in [-0.2, -0.15) is 5.10 Å². The molecule has 0 aliphatic carbocycles. The third kappa shape index (κ3) is 2.95. The van der Waals surface area contributed by atoms with Gasteiger partial charge in [0.1, 0.15) is 0 Å². The van der Waals surface area contributed by atoms with Gasteiger partial charge < -0.3 is 5.32 Å². The molecule has 0 bridgehead atoms. The van der Waals surface area contributed by atoms with E-state index < -0.39 is 9.84 Å². The topological polar surface area (TPSA) is 64.0 Å². The second-order valence-electron chi connectivity index (χ2n) is 4.24. The molecule has 1 aromatic heterocycles. The summed E-state index contributed by atoms with van der Waals surface area (Å²) >= 11 is 0. The van der Waals surface area contributed by atoms with E-state index in [0.29, 0.717) is 6.54 Å². The van der Waals surface area contributed by atoms with Crippen molar-refractivity contribution < 1.29 is 8.42 Å². The smallest absolute Gasteiger partial charge is 0.173 e. The van der Waals surface area contributed by atoms with E-state index in [9.17, 15) is 8.42 Å². The molecule has 0 fully saturated rings. The third-order valence-corrected chi connectivity index (χ3v) is 4.16. The van der Waals surface area contributed by atoms with Gasteiger partial charge in [0.25, 0.3) is 0 Å². The SMILES string of the molecule is CCn1nc(C)cc1CNC1C=CS(=O)(=O)C1. The van der Waals surface area contributed by atoms with Crippen LogP contribution in [0, 0.1) is 6.92 Å². The minimum absolute atomic E-state index is 0.0829. The molecule has 0 saturated heterocycles. The fourth-order valence-corrected chi connectivity index (χ4v) is 3.22. The predicted molar refractivity (Wildman–Crippen MR) is 66.2 cm³/mol. The summed E-state index contributed by atoms with van der Waals surface area (Å²) in [6.07, 6.45) is 1.70. The van der Waals surface area contributed by atoms with E-state index >= 15 is 0 Å². The summed E-state index contributed by atoms with van der Waals surface area (Å²) in [6, 6.07) is 1.93. The number of nitrogens with zero attached hydrogens (tertiary/aromatic N) is 2. The average molecular weight is 255 g/mol. The quantitative estimate of drug-likeness (QED) is 0.856. The predicted octanol–water partition coefficient (Wildman–Crippen LogP) is 0.612. The molecular weight excluding hydrogens is 238 g/mol. The molecule has 0 spiro atoms. The molecule has 0 saturated carbocycles. The first-order valence-corrected chi connectivity index (χ1v) is 7.39. The molecule has 1 atom stereocenters. The Hall–Kier alpha value is -1.14. The third-order valence-electron chi connectivity index (χ3n) is 2.76. The van der Waals surface area contributed by atoms with Gasteiger partial charge in [-0.05, 0) is 19.9 Å². The van der Waals surface area contributed by atoms with Gasteiger partial charge in [-0.3, -0.25) is 4.68 Å². The summed E-state index contributed by atoms with van der Waals surface area (Å²) in [6.45, 7) is 5.45. The monoisotopic (exact) mass is 255 g/mol. The van der Waals surface area contributed by atoms with Crippen LogP contribution in [-0.4, -0.2) is 30.0 Å². The summed E-state index contributed by atoms with van der Waals surface area (Å²) in [4.78, 5) is 0. The van der Waals surface area contributed by atoms with E-state index in [1.54, 1.807) is 6.08 Å². The Morgan fingerprint density at radius 3 is 2.94 bits per heavy atom. The fourth-order valence-electron chi connectivity index (χ4n) is 1.95. The van der Waals surface area contributed by atoms with Gasteiger partial charge in [0.05, 0.1) is 17.1 Å². The van der Waals surface area contributed by atoms with Crippen LogP contribution >= 0.6 is 0 Å². The van der Waals surface area contributed by atoms with E-state index in [1.807, 2.05) is 24.6 Å². The van der Waals surface area contributed by atoms with Crippen molar-refractivity contribution in [3.63, 3.8) is 0 Å². The first kappa shape index (κ1) is 12.3. The molecule has 1 aliphatic heterocycles. The first-order valence-electron chi connectivity index (χ1n) is 5.68. The Balaban J connectivity index is 1.97. The minimum Gasteiger partial charge on any atom is -0.304 e. The fraction of sp³-hybridized carbons (Fsp3) is 0.545. The van der Waals surface area contributed by atoms with Crippen molar-refractivity contribution in [1.82, 2.24) is 15.1 Å². The van der Waals surface area contributed by atoms with E-state index in [0.717, 1.165) is 17.9 Å². The molecule has 0 radical (unpaired) electrons. The van der Waals surface area contributed by atoms with Crippen LogP contribution in [0.2, 0.25) is 0 Å². The number of rotatable bonds is 4. The Morgan fingerprint density at radius 2 is 2.35 bits per heavy atom. The van der Waals surface area contributed by atoms with E-state index in [2.05, 4.69) is 10.4 Å². The van der Waals surface area contributed by atoms with Crippen LogP contribution in [0.4, 0.5) is 0 Å². The average Bonchev–Trinajstić information content (AvgIpc) is 2.78. The van der Waals surface area contributed by atoms with Crippen LogP contribution in [0.15, 0.2) is 17.6 Å². The van der Waals surface area contributed by atoms with Crippen molar-refractivity contribution in [3.8, 4) is 0 Å². The van der Waals surface area contributed by atoms with Gasteiger partial charge in [0.2, 0.25) is 0 Å². The van der Waals surface area contributed by atoms with Crippen LogP contribution in [0.5, 0.6) is 0 Å².